The first-order valence-electron chi connectivity index (χ1n) is 11.3. The monoisotopic (exact) mass is 554 g/mol. The summed E-state index contributed by atoms with van der Waals surface area (Å²) in [7, 11) is 1.74. The van der Waals surface area contributed by atoms with Crippen molar-refractivity contribution in [2.75, 3.05) is 64.4 Å². The van der Waals surface area contributed by atoms with Crippen LogP contribution in [-0.2, 0) is 6.54 Å². The maximum atomic E-state index is 5.54. The molecule has 9 heteroatoms. The molecule has 4 rings (SSSR count). The van der Waals surface area contributed by atoms with Crippen LogP contribution in [0, 0.1) is 5.92 Å². The van der Waals surface area contributed by atoms with Crippen molar-refractivity contribution in [2.24, 2.45) is 10.9 Å². The van der Waals surface area contributed by atoms with Crippen molar-refractivity contribution in [3.8, 4) is 5.75 Å². The van der Waals surface area contributed by atoms with Crippen molar-refractivity contribution in [3.05, 3.63) is 42.3 Å². The van der Waals surface area contributed by atoms with Crippen LogP contribution >= 0.6 is 24.0 Å². The molecule has 2 aliphatic rings. The molecule has 2 aliphatic heterocycles. The van der Waals surface area contributed by atoms with E-state index in [0.717, 1.165) is 82.7 Å². The number of rotatable bonds is 7. The summed E-state index contributed by atoms with van der Waals surface area (Å²) in [6.45, 7) is 10.7. The van der Waals surface area contributed by atoms with Crippen LogP contribution in [0.25, 0.3) is 0 Å². The van der Waals surface area contributed by atoms with Crippen molar-refractivity contribution in [1.82, 2.24) is 20.3 Å². The van der Waals surface area contributed by atoms with Gasteiger partial charge in [-0.15, -0.1) is 24.0 Å². The summed E-state index contributed by atoms with van der Waals surface area (Å²) >= 11 is 0. The molecule has 0 radical (unpaired) electrons. The maximum absolute atomic E-state index is 5.54. The summed E-state index contributed by atoms with van der Waals surface area (Å²) < 4.78 is 10.5. The zero-order chi connectivity index (χ0) is 21.5. The van der Waals surface area contributed by atoms with Gasteiger partial charge in [0.25, 0.3) is 0 Å². The molecule has 0 aliphatic carbocycles. The van der Waals surface area contributed by atoms with Gasteiger partial charge in [0.2, 0.25) is 0 Å². The van der Waals surface area contributed by atoms with Gasteiger partial charge in [0.05, 0.1) is 18.5 Å². The standard InChI is InChI=1S/C23H34N6O2.HI/c1-3-24-23(28-13-11-27(12-14-28)18-20-9-15-31-26-20)25-16-19-8-10-29(17-19)21-6-4-5-7-22(21)30-2;/h4-7,9,15,19H,3,8,10-14,16-18H2,1-2H3,(H,24,25);1H. The average Bonchev–Trinajstić information content (AvgIpc) is 3.49. The molecule has 2 saturated heterocycles. The van der Waals surface area contributed by atoms with Crippen LogP contribution in [-0.4, -0.2) is 80.4 Å². The number of guanidine groups is 1. The molecule has 0 bridgehead atoms. The summed E-state index contributed by atoms with van der Waals surface area (Å²) in [4.78, 5) is 12.2. The molecule has 1 N–H and O–H groups in total. The minimum atomic E-state index is 0. The van der Waals surface area contributed by atoms with E-state index in [9.17, 15) is 0 Å². The minimum absolute atomic E-state index is 0. The third kappa shape index (κ3) is 6.28. The minimum Gasteiger partial charge on any atom is -0.495 e. The lowest BCUT2D eigenvalue weighted by atomic mass is 10.1. The molecular formula is C23H35IN6O2. The SMILES string of the molecule is CCNC(=NCC1CCN(c2ccccc2OC)C1)N1CCN(Cc2ccon2)CC1.I. The second kappa shape index (κ2) is 12.3. The van der Waals surface area contributed by atoms with E-state index in [1.807, 2.05) is 18.2 Å². The molecule has 0 saturated carbocycles. The number of halogens is 1. The van der Waals surface area contributed by atoms with Gasteiger partial charge < -0.3 is 24.4 Å². The number of benzene rings is 1. The predicted molar refractivity (Wildman–Crippen MR) is 138 cm³/mol. The van der Waals surface area contributed by atoms with E-state index in [-0.39, 0.29) is 24.0 Å². The number of nitrogens with zero attached hydrogens (tertiary/aromatic N) is 5. The molecule has 2 fully saturated rings. The van der Waals surface area contributed by atoms with Crippen LogP contribution in [0.15, 0.2) is 46.1 Å². The number of piperazine rings is 1. The number of aromatic nitrogens is 1. The van der Waals surface area contributed by atoms with Gasteiger partial charge in [0, 0.05) is 65.0 Å². The van der Waals surface area contributed by atoms with Crippen LogP contribution in [0.2, 0.25) is 0 Å². The van der Waals surface area contributed by atoms with E-state index >= 15 is 0 Å². The molecule has 32 heavy (non-hydrogen) atoms. The molecule has 1 atom stereocenters. The lowest BCUT2D eigenvalue weighted by molar-refractivity contribution is 0.169. The molecule has 1 aromatic carbocycles. The second-order valence-electron chi connectivity index (χ2n) is 8.22. The number of aliphatic imine (C=N–C) groups is 1. The van der Waals surface area contributed by atoms with E-state index in [1.54, 1.807) is 13.4 Å². The third-order valence-corrected chi connectivity index (χ3v) is 6.09. The topological polar surface area (TPSA) is 69.4 Å². The number of hydrogen-bond acceptors (Lipinski definition) is 6. The van der Waals surface area contributed by atoms with E-state index in [2.05, 4.69) is 44.2 Å². The van der Waals surface area contributed by atoms with Crippen LogP contribution in [0.3, 0.4) is 0 Å². The van der Waals surface area contributed by atoms with Crippen LogP contribution in [0.5, 0.6) is 5.75 Å². The molecule has 2 aromatic rings. The number of ether oxygens (including phenoxy) is 1. The van der Waals surface area contributed by atoms with Gasteiger partial charge in [0.15, 0.2) is 5.96 Å². The molecule has 3 heterocycles. The fourth-order valence-corrected chi connectivity index (χ4v) is 4.40. The highest BCUT2D eigenvalue weighted by molar-refractivity contribution is 14.0. The summed E-state index contributed by atoms with van der Waals surface area (Å²) in [5, 5.41) is 7.52. The highest BCUT2D eigenvalue weighted by Crippen LogP contribution is 2.32. The fraction of sp³-hybridized carbons (Fsp3) is 0.565. The zero-order valence-electron chi connectivity index (χ0n) is 19.1. The first kappa shape index (κ1) is 24.6. The van der Waals surface area contributed by atoms with Gasteiger partial charge >= 0.3 is 0 Å². The molecule has 1 unspecified atom stereocenters. The van der Waals surface area contributed by atoms with Gasteiger partial charge in [-0.1, -0.05) is 17.3 Å². The Morgan fingerprint density at radius 2 is 2.00 bits per heavy atom. The number of nitrogens with one attached hydrogen (secondary N) is 1. The first-order chi connectivity index (χ1) is 15.3. The summed E-state index contributed by atoms with van der Waals surface area (Å²) in [5.41, 5.74) is 2.18. The summed E-state index contributed by atoms with van der Waals surface area (Å²) in [5.74, 6) is 2.55. The molecule has 0 spiro atoms. The lowest BCUT2D eigenvalue weighted by Crippen LogP contribution is -2.52. The van der Waals surface area contributed by atoms with Crippen molar-refractivity contribution in [1.29, 1.82) is 0 Å². The Morgan fingerprint density at radius 1 is 1.19 bits per heavy atom. The lowest BCUT2D eigenvalue weighted by Gasteiger charge is -2.36. The molecule has 176 valence electrons. The fourth-order valence-electron chi connectivity index (χ4n) is 4.40. The largest absolute Gasteiger partial charge is 0.495 e. The number of methoxy groups -OCH3 is 1. The molecular weight excluding hydrogens is 519 g/mol. The van der Waals surface area contributed by atoms with Crippen molar-refractivity contribution < 1.29 is 9.26 Å². The van der Waals surface area contributed by atoms with E-state index in [0.29, 0.717) is 5.92 Å². The quantitative estimate of drug-likeness (QED) is 0.321. The van der Waals surface area contributed by atoms with Gasteiger partial charge in [-0.05, 0) is 31.4 Å². The Labute approximate surface area is 208 Å². The average molecular weight is 554 g/mol. The van der Waals surface area contributed by atoms with Gasteiger partial charge in [-0.2, -0.15) is 0 Å². The van der Waals surface area contributed by atoms with Gasteiger partial charge in [-0.3, -0.25) is 9.89 Å². The highest BCUT2D eigenvalue weighted by atomic mass is 127. The Hall–Kier alpha value is -2.01. The number of hydrogen-bond donors (Lipinski definition) is 1. The maximum Gasteiger partial charge on any atom is 0.194 e. The third-order valence-electron chi connectivity index (χ3n) is 6.09. The highest BCUT2D eigenvalue weighted by Gasteiger charge is 2.25. The molecule has 8 nitrogen and oxygen atoms in total. The Morgan fingerprint density at radius 3 is 2.72 bits per heavy atom. The summed E-state index contributed by atoms with van der Waals surface area (Å²) in [6, 6.07) is 10.2. The smallest absolute Gasteiger partial charge is 0.194 e. The van der Waals surface area contributed by atoms with Crippen molar-refractivity contribution in [2.45, 2.75) is 19.9 Å². The van der Waals surface area contributed by atoms with Crippen LogP contribution in [0.1, 0.15) is 19.0 Å². The first-order valence-corrected chi connectivity index (χ1v) is 11.3. The van der Waals surface area contributed by atoms with E-state index in [4.69, 9.17) is 14.3 Å². The van der Waals surface area contributed by atoms with E-state index < -0.39 is 0 Å². The predicted octanol–water partition coefficient (Wildman–Crippen LogP) is 2.91. The summed E-state index contributed by atoms with van der Waals surface area (Å²) in [6.07, 6.45) is 2.80. The Bertz CT molecular complexity index is 839. The van der Waals surface area contributed by atoms with Gasteiger partial charge in [0.1, 0.15) is 12.0 Å². The van der Waals surface area contributed by atoms with Crippen LogP contribution in [0.4, 0.5) is 5.69 Å². The zero-order valence-corrected chi connectivity index (χ0v) is 21.4. The second-order valence-corrected chi connectivity index (χ2v) is 8.22. The Kier molecular flexibility index (Phi) is 9.46. The number of para-hydroxylation sites is 2. The van der Waals surface area contributed by atoms with Crippen molar-refractivity contribution >= 4 is 35.6 Å². The normalized spacial score (nSPS) is 19.7. The van der Waals surface area contributed by atoms with Crippen LogP contribution < -0.4 is 15.0 Å². The van der Waals surface area contributed by atoms with E-state index in [1.165, 1.54) is 5.69 Å². The number of anilines is 1. The molecule has 1 aromatic heterocycles. The Balaban J connectivity index is 0.00000289. The molecule has 0 amide bonds. The van der Waals surface area contributed by atoms with Crippen molar-refractivity contribution in [3.63, 3.8) is 0 Å². The van der Waals surface area contributed by atoms with Gasteiger partial charge in [-0.25, -0.2) is 0 Å².